The zero-order valence-corrected chi connectivity index (χ0v) is 10.6. The second-order valence-corrected chi connectivity index (χ2v) is 4.73. The lowest BCUT2D eigenvalue weighted by atomic mass is 9.95. The summed E-state index contributed by atoms with van der Waals surface area (Å²) in [7, 11) is 2.01. The van der Waals surface area contributed by atoms with Gasteiger partial charge >= 0.3 is 0 Å². The topological polar surface area (TPSA) is 37.4 Å². The molecule has 0 fully saturated rings. The molecule has 92 valence electrons. The van der Waals surface area contributed by atoms with Gasteiger partial charge in [0.25, 0.3) is 11.8 Å². The number of nitrogens with zero attached hydrogens (tertiary/aromatic N) is 1. The molecule has 3 rings (SSSR count). The number of benzene rings is 2. The van der Waals surface area contributed by atoms with Crippen LogP contribution in [0.25, 0.3) is 0 Å². The third kappa shape index (κ3) is 1.95. The average molecular weight is 249 g/mol. The molecule has 0 bridgehead atoms. The number of hydrogen-bond acceptors (Lipinski definition) is 2. The van der Waals surface area contributed by atoms with E-state index in [9.17, 15) is 9.59 Å². The van der Waals surface area contributed by atoms with E-state index in [-0.39, 0.29) is 11.8 Å². The Balaban J connectivity index is 1.90. The van der Waals surface area contributed by atoms with Crippen LogP contribution in [0.3, 0.4) is 0 Å². The first-order valence-corrected chi connectivity index (χ1v) is 6.17. The molecule has 2 amide bonds. The molecular weight excluding hydrogens is 237 g/mol. The highest BCUT2D eigenvalue weighted by Gasteiger charge is 2.34. The van der Waals surface area contributed by atoms with E-state index in [1.54, 1.807) is 24.3 Å². The van der Waals surface area contributed by atoms with Crippen molar-refractivity contribution in [1.82, 2.24) is 4.90 Å². The van der Waals surface area contributed by atoms with Gasteiger partial charge in [0.2, 0.25) is 0 Å². The van der Waals surface area contributed by atoms with E-state index in [1.165, 1.54) is 4.90 Å². The molecule has 0 saturated heterocycles. The minimum Gasteiger partial charge on any atom is -0.270 e. The lowest BCUT2D eigenvalue weighted by Crippen LogP contribution is -2.29. The molecule has 1 aliphatic rings. The van der Waals surface area contributed by atoms with E-state index in [0.29, 0.717) is 17.7 Å². The monoisotopic (exact) mass is 249 g/mol. The predicted molar refractivity (Wildman–Crippen MR) is 75.3 cm³/mol. The third-order valence-electron chi connectivity index (χ3n) is 3.34. The molecule has 0 radical (unpaired) electrons. The molecule has 1 aliphatic heterocycles. The fourth-order valence-electron chi connectivity index (χ4n) is 2.26. The first-order chi connectivity index (χ1) is 9.16. The summed E-state index contributed by atoms with van der Waals surface area (Å²) in [6.45, 7) is 0.326. The van der Waals surface area contributed by atoms with Crippen molar-refractivity contribution >= 4 is 25.1 Å². The van der Waals surface area contributed by atoms with Crippen LogP contribution in [0.15, 0.2) is 48.5 Å². The fraction of sp³-hybridized carbons (Fsp3) is 0.0667. The van der Waals surface area contributed by atoms with Crippen molar-refractivity contribution in [2.75, 3.05) is 0 Å². The van der Waals surface area contributed by atoms with Crippen molar-refractivity contribution in [3.8, 4) is 0 Å². The third-order valence-corrected chi connectivity index (χ3v) is 3.34. The molecule has 2 aromatic carbocycles. The van der Waals surface area contributed by atoms with Gasteiger partial charge in [0.1, 0.15) is 7.85 Å². The lowest BCUT2D eigenvalue weighted by molar-refractivity contribution is 0.0642. The van der Waals surface area contributed by atoms with Crippen LogP contribution in [0.2, 0.25) is 0 Å². The minimum atomic E-state index is -0.207. The van der Waals surface area contributed by atoms with Gasteiger partial charge < -0.3 is 0 Å². The minimum absolute atomic E-state index is 0.207. The molecule has 3 nitrogen and oxygen atoms in total. The molecular formula is C15H12BNO2. The molecule has 4 heteroatoms. The van der Waals surface area contributed by atoms with Crippen LogP contribution in [0, 0.1) is 0 Å². The Kier molecular flexibility index (Phi) is 2.71. The van der Waals surface area contributed by atoms with Crippen LogP contribution >= 0.6 is 0 Å². The van der Waals surface area contributed by atoms with Crippen LogP contribution in [0.1, 0.15) is 26.3 Å². The highest BCUT2D eigenvalue weighted by molar-refractivity contribution is 6.32. The fourth-order valence-corrected chi connectivity index (χ4v) is 2.26. The predicted octanol–water partition coefficient (Wildman–Crippen LogP) is 0.741. The number of amides is 2. The van der Waals surface area contributed by atoms with E-state index in [1.807, 2.05) is 32.1 Å². The Bertz CT molecular complexity index is 629. The molecule has 0 aliphatic carbocycles. The Hall–Kier alpha value is -2.36. The van der Waals surface area contributed by atoms with Crippen molar-refractivity contribution in [3.05, 3.63) is 65.2 Å². The summed E-state index contributed by atoms with van der Waals surface area (Å²) >= 11 is 0. The highest BCUT2D eigenvalue weighted by atomic mass is 16.2. The Morgan fingerprint density at radius 3 is 1.89 bits per heavy atom. The number of carbonyl (C=O) groups is 2. The van der Waals surface area contributed by atoms with Gasteiger partial charge in [0, 0.05) is 0 Å². The molecule has 0 atom stereocenters. The summed E-state index contributed by atoms with van der Waals surface area (Å²) in [6.07, 6.45) is 0. The smallest absolute Gasteiger partial charge is 0.261 e. The van der Waals surface area contributed by atoms with Crippen LogP contribution in [0.5, 0.6) is 0 Å². The number of rotatable bonds is 2. The van der Waals surface area contributed by atoms with Gasteiger partial charge in [0.15, 0.2) is 0 Å². The standard InChI is InChI=1S/C15H12BNO2/c16-11-7-5-10(6-8-11)9-17-14(18)12-3-1-2-4-13(12)15(17)19/h1-8H,9,16H2. The largest absolute Gasteiger partial charge is 0.270 e. The van der Waals surface area contributed by atoms with Gasteiger partial charge in [-0.25, -0.2) is 0 Å². The SMILES string of the molecule is Bc1ccc(CN2C(=O)c3ccccc3C2=O)cc1. The van der Waals surface area contributed by atoms with Gasteiger partial charge in [-0.2, -0.15) is 0 Å². The molecule has 0 aromatic heterocycles. The van der Waals surface area contributed by atoms with Crippen molar-refractivity contribution in [3.63, 3.8) is 0 Å². The van der Waals surface area contributed by atoms with E-state index < -0.39 is 0 Å². The summed E-state index contributed by atoms with van der Waals surface area (Å²) in [6, 6.07) is 14.8. The van der Waals surface area contributed by atoms with Gasteiger partial charge in [0.05, 0.1) is 17.7 Å². The molecule has 19 heavy (non-hydrogen) atoms. The molecule has 0 unspecified atom stereocenters. The Morgan fingerprint density at radius 1 is 0.842 bits per heavy atom. The second kappa shape index (κ2) is 4.39. The first-order valence-electron chi connectivity index (χ1n) is 6.17. The summed E-state index contributed by atoms with van der Waals surface area (Å²) in [4.78, 5) is 25.7. The van der Waals surface area contributed by atoms with Crippen LogP contribution in [-0.2, 0) is 6.54 Å². The normalized spacial score (nSPS) is 13.8. The maximum absolute atomic E-state index is 12.2. The summed E-state index contributed by atoms with van der Waals surface area (Å²) in [5.41, 5.74) is 3.12. The van der Waals surface area contributed by atoms with Crippen LogP contribution < -0.4 is 5.46 Å². The van der Waals surface area contributed by atoms with E-state index in [4.69, 9.17) is 0 Å². The number of imide groups is 1. The van der Waals surface area contributed by atoms with Crippen LogP contribution in [-0.4, -0.2) is 24.6 Å². The number of hydrogen-bond donors (Lipinski definition) is 0. The Morgan fingerprint density at radius 2 is 1.37 bits per heavy atom. The highest BCUT2D eigenvalue weighted by Crippen LogP contribution is 2.23. The van der Waals surface area contributed by atoms with Crippen molar-refractivity contribution in [1.29, 1.82) is 0 Å². The number of carbonyl (C=O) groups excluding carboxylic acids is 2. The molecule has 0 saturated carbocycles. The van der Waals surface area contributed by atoms with Gasteiger partial charge in [-0.15, -0.1) is 0 Å². The first kappa shape index (κ1) is 11.7. The van der Waals surface area contributed by atoms with Crippen LogP contribution in [0.4, 0.5) is 0 Å². The maximum atomic E-state index is 12.2. The number of fused-ring (bicyclic) bond motifs is 1. The van der Waals surface area contributed by atoms with E-state index >= 15 is 0 Å². The zero-order chi connectivity index (χ0) is 13.4. The van der Waals surface area contributed by atoms with Gasteiger partial charge in [-0.1, -0.05) is 41.9 Å². The molecule has 1 heterocycles. The molecule has 0 spiro atoms. The van der Waals surface area contributed by atoms with E-state index in [0.717, 1.165) is 11.0 Å². The lowest BCUT2D eigenvalue weighted by Gasteiger charge is -2.13. The van der Waals surface area contributed by atoms with Gasteiger partial charge in [-0.3, -0.25) is 14.5 Å². The van der Waals surface area contributed by atoms with Gasteiger partial charge in [-0.05, 0) is 17.7 Å². The average Bonchev–Trinajstić information content (AvgIpc) is 2.67. The maximum Gasteiger partial charge on any atom is 0.261 e. The summed E-state index contributed by atoms with van der Waals surface area (Å²) in [5.74, 6) is -0.414. The second-order valence-electron chi connectivity index (χ2n) is 4.73. The van der Waals surface area contributed by atoms with Crippen molar-refractivity contribution < 1.29 is 9.59 Å². The van der Waals surface area contributed by atoms with E-state index in [2.05, 4.69) is 0 Å². The summed E-state index contributed by atoms with van der Waals surface area (Å²) in [5, 5.41) is 0. The van der Waals surface area contributed by atoms with Crippen molar-refractivity contribution in [2.45, 2.75) is 6.54 Å². The van der Waals surface area contributed by atoms with Crippen molar-refractivity contribution in [2.24, 2.45) is 0 Å². The molecule has 0 N–H and O–H groups in total. The quantitative estimate of drug-likeness (QED) is 0.581. The summed E-state index contributed by atoms with van der Waals surface area (Å²) < 4.78 is 0. The zero-order valence-electron chi connectivity index (χ0n) is 10.6. The Labute approximate surface area is 112 Å². The molecule has 2 aromatic rings.